The van der Waals surface area contributed by atoms with Crippen molar-refractivity contribution in [1.29, 1.82) is 0 Å². The van der Waals surface area contributed by atoms with Crippen LogP contribution in [0, 0.1) is 0 Å². The Morgan fingerprint density at radius 3 is 2.70 bits per heavy atom. The van der Waals surface area contributed by atoms with Crippen molar-refractivity contribution in [2.45, 2.75) is 13.0 Å². The SMILES string of the molecule is O=C(/C=C/c1ccco1)N1CCCN(Cc2ccccc2)CC1. The van der Waals surface area contributed by atoms with Gasteiger partial charge in [-0.25, -0.2) is 0 Å². The lowest BCUT2D eigenvalue weighted by Crippen LogP contribution is -2.34. The minimum absolute atomic E-state index is 0.0583. The van der Waals surface area contributed by atoms with Crippen LogP contribution in [0.5, 0.6) is 0 Å². The number of rotatable bonds is 4. The molecular formula is C19H22N2O2. The van der Waals surface area contributed by atoms with Gasteiger partial charge in [0, 0.05) is 38.8 Å². The van der Waals surface area contributed by atoms with Crippen LogP contribution in [0.1, 0.15) is 17.7 Å². The maximum absolute atomic E-state index is 12.3. The number of nitrogens with zero attached hydrogens (tertiary/aromatic N) is 2. The van der Waals surface area contributed by atoms with Gasteiger partial charge in [0.25, 0.3) is 0 Å². The quantitative estimate of drug-likeness (QED) is 0.815. The van der Waals surface area contributed by atoms with E-state index in [9.17, 15) is 4.79 Å². The van der Waals surface area contributed by atoms with Crippen molar-refractivity contribution in [3.05, 3.63) is 66.1 Å². The summed E-state index contributed by atoms with van der Waals surface area (Å²) < 4.78 is 5.21. The van der Waals surface area contributed by atoms with Gasteiger partial charge in [-0.3, -0.25) is 9.69 Å². The van der Waals surface area contributed by atoms with Crippen LogP contribution in [0.25, 0.3) is 6.08 Å². The van der Waals surface area contributed by atoms with E-state index in [1.54, 1.807) is 18.4 Å². The van der Waals surface area contributed by atoms with Crippen LogP contribution in [0.3, 0.4) is 0 Å². The molecule has 120 valence electrons. The Balaban J connectivity index is 1.52. The van der Waals surface area contributed by atoms with Gasteiger partial charge < -0.3 is 9.32 Å². The fraction of sp³-hybridized carbons (Fsp3) is 0.316. The first-order valence-corrected chi connectivity index (χ1v) is 8.08. The van der Waals surface area contributed by atoms with Gasteiger partial charge in [-0.2, -0.15) is 0 Å². The summed E-state index contributed by atoms with van der Waals surface area (Å²) in [6.07, 6.45) is 5.95. The van der Waals surface area contributed by atoms with Crippen LogP contribution >= 0.6 is 0 Å². The third-order valence-electron chi connectivity index (χ3n) is 4.08. The first-order chi connectivity index (χ1) is 11.3. The largest absolute Gasteiger partial charge is 0.465 e. The number of hydrogen-bond acceptors (Lipinski definition) is 3. The summed E-state index contributed by atoms with van der Waals surface area (Å²) in [6.45, 7) is 4.47. The van der Waals surface area contributed by atoms with Crippen molar-refractivity contribution in [3.8, 4) is 0 Å². The summed E-state index contributed by atoms with van der Waals surface area (Å²) in [6, 6.07) is 14.1. The second-order valence-corrected chi connectivity index (χ2v) is 5.79. The molecule has 1 aromatic heterocycles. The molecule has 1 aromatic carbocycles. The zero-order chi connectivity index (χ0) is 15.9. The second-order valence-electron chi connectivity index (χ2n) is 5.79. The molecule has 0 saturated carbocycles. The van der Waals surface area contributed by atoms with Gasteiger partial charge >= 0.3 is 0 Å². The average Bonchev–Trinajstić information content (AvgIpc) is 2.99. The summed E-state index contributed by atoms with van der Waals surface area (Å²) in [4.78, 5) is 16.6. The molecule has 1 saturated heterocycles. The molecule has 2 aromatic rings. The predicted molar refractivity (Wildman–Crippen MR) is 90.7 cm³/mol. The molecule has 0 bridgehead atoms. The Bertz CT molecular complexity index is 635. The highest BCUT2D eigenvalue weighted by Crippen LogP contribution is 2.10. The van der Waals surface area contributed by atoms with Crippen LogP contribution in [0.4, 0.5) is 0 Å². The van der Waals surface area contributed by atoms with E-state index in [1.165, 1.54) is 5.56 Å². The average molecular weight is 310 g/mol. The van der Waals surface area contributed by atoms with Crippen molar-refractivity contribution in [3.63, 3.8) is 0 Å². The lowest BCUT2D eigenvalue weighted by molar-refractivity contribution is -0.125. The van der Waals surface area contributed by atoms with E-state index >= 15 is 0 Å². The number of hydrogen-bond donors (Lipinski definition) is 0. The second kappa shape index (κ2) is 7.79. The maximum Gasteiger partial charge on any atom is 0.246 e. The molecular weight excluding hydrogens is 288 g/mol. The Kier molecular flexibility index (Phi) is 5.27. The van der Waals surface area contributed by atoms with Crippen LogP contribution in [-0.2, 0) is 11.3 Å². The van der Waals surface area contributed by atoms with Crippen LogP contribution in [0.2, 0.25) is 0 Å². The molecule has 0 radical (unpaired) electrons. The third-order valence-corrected chi connectivity index (χ3v) is 4.08. The minimum atomic E-state index is 0.0583. The molecule has 0 unspecified atom stereocenters. The molecule has 0 spiro atoms. The molecule has 0 N–H and O–H groups in total. The molecule has 23 heavy (non-hydrogen) atoms. The summed E-state index contributed by atoms with van der Waals surface area (Å²) >= 11 is 0. The summed E-state index contributed by atoms with van der Waals surface area (Å²) in [5.41, 5.74) is 1.32. The normalized spacial score (nSPS) is 16.6. The van der Waals surface area contributed by atoms with E-state index in [-0.39, 0.29) is 5.91 Å². The first-order valence-electron chi connectivity index (χ1n) is 8.08. The van der Waals surface area contributed by atoms with Crippen molar-refractivity contribution in [1.82, 2.24) is 9.80 Å². The van der Waals surface area contributed by atoms with E-state index in [2.05, 4.69) is 29.2 Å². The standard InChI is InChI=1S/C19H22N2O2/c22-19(10-9-18-8-4-15-23-18)21-12-5-11-20(13-14-21)16-17-6-2-1-3-7-17/h1-4,6-10,15H,5,11-14,16H2/b10-9+. The molecule has 1 amide bonds. The Morgan fingerprint density at radius 2 is 1.91 bits per heavy atom. The van der Waals surface area contributed by atoms with Crippen molar-refractivity contribution >= 4 is 12.0 Å². The van der Waals surface area contributed by atoms with Crippen molar-refractivity contribution in [2.75, 3.05) is 26.2 Å². The molecule has 0 aliphatic carbocycles. The fourth-order valence-electron chi connectivity index (χ4n) is 2.84. The number of amides is 1. The van der Waals surface area contributed by atoms with Crippen LogP contribution < -0.4 is 0 Å². The maximum atomic E-state index is 12.3. The molecule has 4 heteroatoms. The lowest BCUT2D eigenvalue weighted by atomic mass is 10.2. The molecule has 0 atom stereocenters. The van der Waals surface area contributed by atoms with Gasteiger partial charge in [0.05, 0.1) is 6.26 Å². The van der Waals surface area contributed by atoms with Crippen LogP contribution in [0.15, 0.2) is 59.2 Å². The van der Waals surface area contributed by atoms with Crippen molar-refractivity contribution in [2.24, 2.45) is 0 Å². The zero-order valence-electron chi connectivity index (χ0n) is 13.2. The van der Waals surface area contributed by atoms with Crippen molar-refractivity contribution < 1.29 is 9.21 Å². The van der Waals surface area contributed by atoms with Gasteiger partial charge in [0.1, 0.15) is 5.76 Å². The molecule has 2 heterocycles. The fourth-order valence-corrected chi connectivity index (χ4v) is 2.84. The Hall–Kier alpha value is -2.33. The van der Waals surface area contributed by atoms with E-state index < -0.39 is 0 Å². The number of furan rings is 1. The molecule has 4 nitrogen and oxygen atoms in total. The van der Waals surface area contributed by atoms with E-state index in [0.29, 0.717) is 5.76 Å². The number of carbonyl (C=O) groups is 1. The highest BCUT2D eigenvalue weighted by molar-refractivity contribution is 5.91. The molecule has 1 fully saturated rings. The lowest BCUT2D eigenvalue weighted by Gasteiger charge is -2.21. The van der Waals surface area contributed by atoms with Gasteiger partial charge in [0.2, 0.25) is 5.91 Å². The highest BCUT2D eigenvalue weighted by atomic mass is 16.3. The zero-order valence-corrected chi connectivity index (χ0v) is 13.2. The van der Waals surface area contributed by atoms with E-state index in [1.807, 2.05) is 23.1 Å². The Morgan fingerprint density at radius 1 is 1.04 bits per heavy atom. The molecule has 1 aliphatic rings. The molecule has 3 rings (SSSR count). The summed E-state index contributed by atoms with van der Waals surface area (Å²) in [7, 11) is 0. The smallest absolute Gasteiger partial charge is 0.246 e. The Labute approximate surface area is 137 Å². The monoisotopic (exact) mass is 310 g/mol. The van der Waals surface area contributed by atoms with E-state index in [4.69, 9.17) is 4.42 Å². The van der Waals surface area contributed by atoms with Gasteiger partial charge in [0.15, 0.2) is 0 Å². The van der Waals surface area contributed by atoms with Crippen LogP contribution in [-0.4, -0.2) is 41.9 Å². The first kappa shape index (κ1) is 15.6. The number of carbonyl (C=O) groups excluding carboxylic acids is 1. The summed E-state index contributed by atoms with van der Waals surface area (Å²) in [5.74, 6) is 0.766. The number of benzene rings is 1. The topological polar surface area (TPSA) is 36.7 Å². The van der Waals surface area contributed by atoms with Gasteiger partial charge in [-0.05, 0) is 30.2 Å². The van der Waals surface area contributed by atoms with Gasteiger partial charge in [-0.15, -0.1) is 0 Å². The third kappa shape index (κ3) is 4.57. The predicted octanol–water partition coefficient (Wildman–Crippen LogP) is 3.03. The highest BCUT2D eigenvalue weighted by Gasteiger charge is 2.17. The minimum Gasteiger partial charge on any atom is -0.465 e. The summed E-state index contributed by atoms with van der Waals surface area (Å²) in [5, 5.41) is 0. The molecule has 1 aliphatic heterocycles. The van der Waals surface area contributed by atoms with Gasteiger partial charge in [-0.1, -0.05) is 30.3 Å². The van der Waals surface area contributed by atoms with E-state index in [0.717, 1.165) is 39.1 Å².